The fourth-order valence-corrected chi connectivity index (χ4v) is 6.05. The van der Waals surface area contributed by atoms with Crippen molar-refractivity contribution in [1.29, 1.82) is 0 Å². The van der Waals surface area contributed by atoms with E-state index >= 15 is 0 Å². The van der Waals surface area contributed by atoms with Gasteiger partial charge >= 0.3 is 0 Å². The maximum Gasteiger partial charge on any atom is 0.220 e. The van der Waals surface area contributed by atoms with Gasteiger partial charge in [-0.15, -0.1) is 0 Å². The van der Waals surface area contributed by atoms with Gasteiger partial charge in [-0.2, -0.15) is 0 Å². The lowest BCUT2D eigenvalue weighted by Gasteiger charge is -2.40. The van der Waals surface area contributed by atoms with Gasteiger partial charge in [-0.1, -0.05) is 155 Å². The Morgan fingerprint density at radius 2 is 1.07 bits per heavy atom. The molecule has 328 valence electrons. The highest BCUT2D eigenvalue weighted by Crippen LogP contribution is 2.22. The topological polar surface area (TPSA) is 149 Å². The van der Waals surface area contributed by atoms with Crippen molar-refractivity contribution in [2.45, 2.75) is 179 Å². The van der Waals surface area contributed by atoms with Crippen molar-refractivity contribution >= 4 is 5.91 Å². The predicted molar refractivity (Wildman–Crippen MR) is 239 cm³/mol. The number of allylic oxidation sites excluding steroid dienone is 17. The van der Waals surface area contributed by atoms with Crippen LogP contribution >= 0.6 is 0 Å². The van der Waals surface area contributed by atoms with Crippen LogP contribution in [0.3, 0.4) is 0 Å². The smallest absolute Gasteiger partial charge is 0.220 e. The van der Waals surface area contributed by atoms with Crippen LogP contribution in [0.25, 0.3) is 0 Å². The highest BCUT2D eigenvalue weighted by molar-refractivity contribution is 5.76. The molecule has 9 nitrogen and oxygen atoms in total. The molecule has 0 aromatic heterocycles. The van der Waals surface area contributed by atoms with Crippen LogP contribution in [0.5, 0.6) is 0 Å². The Bertz CT molecular complexity index is 1260. The fraction of sp³-hybridized carbons (Fsp3) is 0.612. The standard InChI is InChI=1S/C49H79NO8/c1-3-5-7-9-11-13-14-15-16-17-18-19-20-21-22-23-24-25-26-27-28-29-30-31-33-35-37-39-45(53)50-42(43(52)38-36-34-32-12-10-8-6-4-2)41-57-49-48(56)47(55)46(54)44(40-51)58-49/h5,7,11,13,15-16,18-19,21-22,24-25,27-28,30-31,36,38,42-44,46-49,51-52,54-56H,3-4,6,8-10,12,14,17,20,23,26,29,32-35,37,39-41H2,1-2H3,(H,50,53)/b7-5-,13-11-,16-15-,19-18-,22-21-,25-24-,28-27-,31-30-,38-36+. The summed E-state index contributed by atoms with van der Waals surface area (Å²) in [7, 11) is 0. The molecule has 1 saturated heterocycles. The number of carbonyl (C=O) groups excluding carboxylic acids is 1. The lowest BCUT2D eigenvalue weighted by atomic mass is 9.99. The molecule has 1 rings (SSSR count). The second-order valence-electron chi connectivity index (χ2n) is 14.8. The Hall–Kier alpha value is -3.15. The summed E-state index contributed by atoms with van der Waals surface area (Å²) in [6.45, 7) is 3.55. The minimum Gasteiger partial charge on any atom is -0.394 e. The zero-order chi connectivity index (χ0) is 42.3. The third-order valence-electron chi connectivity index (χ3n) is 9.60. The van der Waals surface area contributed by atoms with Crippen molar-refractivity contribution in [2.75, 3.05) is 13.2 Å². The van der Waals surface area contributed by atoms with E-state index in [1.807, 2.05) is 6.08 Å². The second kappa shape index (κ2) is 38.1. The number of carbonyl (C=O) groups is 1. The Morgan fingerprint density at radius 3 is 1.59 bits per heavy atom. The van der Waals surface area contributed by atoms with E-state index in [9.17, 15) is 30.3 Å². The molecule has 0 aromatic carbocycles. The van der Waals surface area contributed by atoms with Crippen molar-refractivity contribution < 1.29 is 39.8 Å². The molecule has 0 bridgehead atoms. The molecule has 1 amide bonds. The van der Waals surface area contributed by atoms with Crippen LogP contribution in [0.4, 0.5) is 0 Å². The Kier molecular flexibility index (Phi) is 34.7. The Balaban J connectivity index is 2.32. The van der Waals surface area contributed by atoms with E-state index in [2.05, 4.69) is 116 Å². The average molecular weight is 810 g/mol. The Morgan fingerprint density at radius 1 is 0.603 bits per heavy atom. The number of amides is 1. The van der Waals surface area contributed by atoms with Gasteiger partial charge in [-0.05, 0) is 83.5 Å². The molecule has 1 fully saturated rings. The quantitative estimate of drug-likeness (QED) is 0.0279. The van der Waals surface area contributed by atoms with Crippen molar-refractivity contribution in [3.8, 4) is 0 Å². The van der Waals surface area contributed by atoms with E-state index in [1.54, 1.807) is 6.08 Å². The second-order valence-corrected chi connectivity index (χ2v) is 14.8. The SMILES string of the molecule is CC/C=C\C/C=C\C/C=C\C/C=C\C/C=C\C/C=C\C/C=C\C/C=C\CCCCC(=O)NC(COC1OC(CO)C(O)C(O)C1O)C(O)/C=C/CCCCCCCC. The molecular weight excluding hydrogens is 731 g/mol. The molecule has 9 heteroatoms. The first-order chi connectivity index (χ1) is 28.3. The predicted octanol–water partition coefficient (Wildman–Crippen LogP) is 9.11. The molecule has 58 heavy (non-hydrogen) atoms. The maximum atomic E-state index is 12.9. The van der Waals surface area contributed by atoms with Gasteiger partial charge in [0.15, 0.2) is 6.29 Å². The van der Waals surface area contributed by atoms with Crippen LogP contribution in [0, 0.1) is 0 Å². The molecule has 0 radical (unpaired) electrons. The summed E-state index contributed by atoms with van der Waals surface area (Å²) in [4.78, 5) is 12.9. The van der Waals surface area contributed by atoms with Gasteiger partial charge in [0.05, 0.1) is 25.4 Å². The van der Waals surface area contributed by atoms with Crippen LogP contribution in [0.2, 0.25) is 0 Å². The lowest BCUT2D eigenvalue weighted by Crippen LogP contribution is -2.60. The van der Waals surface area contributed by atoms with E-state index in [0.29, 0.717) is 6.42 Å². The van der Waals surface area contributed by atoms with Gasteiger partial charge in [-0.3, -0.25) is 4.79 Å². The van der Waals surface area contributed by atoms with Gasteiger partial charge < -0.3 is 40.3 Å². The maximum absolute atomic E-state index is 12.9. The van der Waals surface area contributed by atoms with E-state index in [-0.39, 0.29) is 18.9 Å². The number of hydrogen-bond acceptors (Lipinski definition) is 8. The Labute approximate surface area is 351 Å². The van der Waals surface area contributed by atoms with Crippen molar-refractivity contribution in [1.82, 2.24) is 5.32 Å². The molecule has 0 aromatic rings. The van der Waals surface area contributed by atoms with Crippen molar-refractivity contribution in [3.63, 3.8) is 0 Å². The highest BCUT2D eigenvalue weighted by Gasteiger charge is 2.44. The van der Waals surface area contributed by atoms with Crippen LogP contribution in [-0.4, -0.2) is 87.5 Å². The van der Waals surface area contributed by atoms with Crippen LogP contribution in [-0.2, 0) is 14.3 Å². The van der Waals surface area contributed by atoms with E-state index in [1.165, 1.54) is 25.7 Å². The lowest BCUT2D eigenvalue weighted by molar-refractivity contribution is -0.302. The number of aliphatic hydroxyl groups excluding tert-OH is 5. The van der Waals surface area contributed by atoms with Gasteiger partial charge in [0.2, 0.25) is 5.91 Å². The number of hydrogen-bond donors (Lipinski definition) is 6. The van der Waals surface area contributed by atoms with Crippen LogP contribution in [0.15, 0.2) is 109 Å². The van der Waals surface area contributed by atoms with E-state index < -0.39 is 49.5 Å². The number of nitrogens with one attached hydrogen (secondary N) is 1. The molecular formula is C49H79NO8. The van der Waals surface area contributed by atoms with Crippen LogP contribution < -0.4 is 5.32 Å². The first kappa shape index (κ1) is 52.9. The highest BCUT2D eigenvalue weighted by atomic mass is 16.7. The molecule has 0 saturated carbocycles. The van der Waals surface area contributed by atoms with E-state index in [4.69, 9.17) is 9.47 Å². The minimum absolute atomic E-state index is 0.215. The summed E-state index contributed by atoms with van der Waals surface area (Å²) < 4.78 is 11.1. The van der Waals surface area contributed by atoms with Crippen LogP contribution in [0.1, 0.15) is 136 Å². The summed E-state index contributed by atoms with van der Waals surface area (Å²) in [5.41, 5.74) is 0. The number of ether oxygens (including phenoxy) is 2. The number of unbranched alkanes of at least 4 members (excludes halogenated alkanes) is 8. The molecule has 7 unspecified atom stereocenters. The molecule has 6 N–H and O–H groups in total. The molecule has 7 atom stereocenters. The van der Waals surface area contributed by atoms with Gasteiger partial charge in [0.1, 0.15) is 24.4 Å². The average Bonchev–Trinajstić information content (AvgIpc) is 3.22. The largest absolute Gasteiger partial charge is 0.394 e. The van der Waals surface area contributed by atoms with Crippen molar-refractivity contribution in [3.05, 3.63) is 109 Å². The normalized spacial score (nSPS) is 21.9. The summed E-state index contributed by atoms with van der Waals surface area (Å²) in [5.74, 6) is -0.230. The molecule has 0 spiro atoms. The first-order valence-electron chi connectivity index (χ1n) is 22.1. The first-order valence-corrected chi connectivity index (χ1v) is 22.1. The molecule has 1 aliphatic heterocycles. The monoisotopic (exact) mass is 810 g/mol. The molecule has 0 aliphatic carbocycles. The molecule has 1 aliphatic rings. The summed E-state index contributed by atoms with van der Waals surface area (Å²) in [6.07, 6.45) is 48.7. The third kappa shape index (κ3) is 28.3. The van der Waals surface area contributed by atoms with E-state index in [0.717, 1.165) is 83.5 Å². The number of rotatable bonds is 34. The van der Waals surface area contributed by atoms with Gasteiger partial charge in [0, 0.05) is 6.42 Å². The van der Waals surface area contributed by atoms with Gasteiger partial charge in [-0.25, -0.2) is 0 Å². The van der Waals surface area contributed by atoms with Crippen molar-refractivity contribution in [2.24, 2.45) is 0 Å². The summed E-state index contributed by atoms with van der Waals surface area (Å²) >= 11 is 0. The third-order valence-corrected chi connectivity index (χ3v) is 9.60. The fourth-order valence-electron chi connectivity index (χ4n) is 6.05. The zero-order valence-electron chi connectivity index (χ0n) is 35.7. The zero-order valence-corrected chi connectivity index (χ0v) is 35.7. The number of aliphatic hydroxyl groups is 5. The summed E-state index contributed by atoms with van der Waals surface area (Å²) in [5, 5.41) is 53.9. The minimum atomic E-state index is -1.58. The summed E-state index contributed by atoms with van der Waals surface area (Å²) in [6, 6.07) is -0.833. The molecule has 1 heterocycles. The van der Waals surface area contributed by atoms with Gasteiger partial charge in [0.25, 0.3) is 0 Å².